The largest absolute Gasteiger partial charge is 0.497 e. The number of furan rings is 1. The Hall–Kier alpha value is -3.15. The summed E-state index contributed by atoms with van der Waals surface area (Å²) in [4.78, 5) is 12.5. The fraction of sp³-hybridized carbons (Fsp3) is 0.118. The fourth-order valence-corrected chi connectivity index (χ4v) is 2.99. The molecule has 114 valence electrons. The van der Waals surface area contributed by atoms with Gasteiger partial charge in [0, 0.05) is 6.07 Å². The third kappa shape index (κ3) is 1.55. The molecule has 2 aromatic heterocycles. The number of methoxy groups -OCH3 is 1. The van der Waals surface area contributed by atoms with Crippen molar-refractivity contribution in [2.75, 3.05) is 13.9 Å². The lowest BCUT2D eigenvalue weighted by molar-refractivity contribution is 0.175. The Kier molecular flexibility index (Phi) is 2.26. The molecule has 4 aromatic rings. The molecule has 0 atom stereocenters. The van der Waals surface area contributed by atoms with E-state index in [0.29, 0.717) is 50.2 Å². The number of benzene rings is 2. The number of hydrogen-bond acceptors (Lipinski definition) is 6. The quantitative estimate of drug-likeness (QED) is 0.502. The van der Waals surface area contributed by atoms with Crippen LogP contribution in [-0.2, 0) is 0 Å². The van der Waals surface area contributed by atoms with E-state index in [-0.39, 0.29) is 6.79 Å². The maximum absolute atomic E-state index is 12.5. The van der Waals surface area contributed by atoms with Gasteiger partial charge in [0.05, 0.1) is 17.9 Å². The van der Waals surface area contributed by atoms with Crippen LogP contribution in [-0.4, -0.2) is 13.9 Å². The molecule has 0 amide bonds. The van der Waals surface area contributed by atoms with Gasteiger partial charge in [0.25, 0.3) is 0 Å². The second-order valence-corrected chi connectivity index (χ2v) is 5.23. The van der Waals surface area contributed by atoms with Crippen molar-refractivity contribution in [1.82, 2.24) is 0 Å². The SMILES string of the molecule is COc1ccc2c(c1)oc(=O)c1c2oc2ccc3c(c21)OCO3. The Morgan fingerprint density at radius 1 is 1.00 bits per heavy atom. The van der Waals surface area contributed by atoms with Gasteiger partial charge in [0.2, 0.25) is 6.79 Å². The second kappa shape index (κ2) is 4.19. The first-order chi connectivity index (χ1) is 11.3. The van der Waals surface area contributed by atoms with E-state index < -0.39 is 5.63 Å². The maximum Gasteiger partial charge on any atom is 0.348 e. The van der Waals surface area contributed by atoms with Gasteiger partial charge in [-0.25, -0.2) is 4.79 Å². The molecule has 0 saturated heterocycles. The van der Waals surface area contributed by atoms with E-state index in [4.69, 9.17) is 23.0 Å². The van der Waals surface area contributed by atoms with E-state index in [1.165, 1.54) is 0 Å². The van der Waals surface area contributed by atoms with Crippen LogP contribution in [0, 0.1) is 0 Å². The smallest absolute Gasteiger partial charge is 0.348 e. The number of ether oxygens (including phenoxy) is 3. The number of rotatable bonds is 1. The summed E-state index contributed by atoms with van der Waals surface area (Å²) in [7, 11) is 1.56. The van der Waals surface area contributed by atoms with Crippen molar-refractivity contribution in [1.29, 1.82) is 0 Å². The summed E-state index contributed by atoms with van der Waals surface area (Å²) in [6, 6.07) is 8.78. The highest BCUT2D eigenvalue weighted by Crippen LogP contribution is 2.44. The van der Waals surface area contributed by atoms with Crippen LogP contribution in [0.5, 0.6) is 17.2 Å². The van der Waals surface area contributed by atoms with Gasteiger partial charge in [-0.15, -0.1) is 0 Å². The van der Waals surface area contributed by atoms with E-state index in [0.717, 1.165) is 0 Å². The summed E-state index contributed by atoms with van der Waals surface area (Å²) in [6.07, 6.45) is 0. The predicted octanol–water partition coefficient (Wildman–Crippen LogP) is 3.43. The Balaban J connectivity index is 2.01. The van der Waals surface area contributed by atoms with E-state index in [2.05, 4.69) is 0 Å². The number of fused-ring (bicyclic) bond motifs is 7. The van der Waals surface area contributed by atoms with E-state index in [9.17, 15) is 4.79 Å². The van der Waals surface area contributed by atoms with Crippen LogP contribution in [0.2, 0.25) is 0 Å². The van der Waals surface area contributed by atoms with Crippen LogP contribution in [0.15, 0.2) is 44.0 Å². The molecular formula is C17H10O6. The molecule has 0 saturated carbocycles. The minimum atomic E-state index is -0.483. The normalized spacial score (nSPS) is 13.3. The van der Waals surface area contributed by atoms with Crippen LogP contribution >= 0.6 is 0 Å². The first-order valence-corrected chi connectivity index (χ1v) is 7.02. The molecule has 1 aliphatic rings. The summed E-state index contributed by atoms with van der Waals surface area (Å²) in [5.41, 5.74) is 0.954. The third-order valence-corrected chi connectivity index (χ3v) is 4.03. The van der Waals surface area contributed by atoms with Gasteiger partial charge in [0.1, 0.15) is 22.3 Å². The number of hydrogen-bond donors (Lipinski definition) is 0. The Bertz CT molecular complexity index is 1150. The summed E-state index contributed by atoms with van der Waals surface area (Å²) < 4.78 is 27.4. The summed E-state index contributed by atoms with van der Waals surface area (Å²) in [5.74, 6) is 1.71. The maximum atomic E-state index is 12.5. The highest BCUT2D eigenvalue weighted by Gasteiger charge is 2.25. The standard InChI is InChI=1S/C17H10O6/c1-19-8-2-3-9-12(6-8)23-17(18)14-13-10(22-15(9)14)4-5-11-16(13)21-7-20-11/h2-6H,7H2,1H3. The molecule has 0 N–H and O–H groups in total. The lowest BCUT2D eigenvalue weighted by Gasteiger charge is -2.01. The van der Waals surface area contributed by atoms with Crippen LogP contribution in [0.4, 0.5) is 0 Å². The van der Waals surface area contributed by atoms with Crippen LogP contribution < -0.4 is 19.8 Å². The van der Waals surface area contributed by atoms with Gasteiger partial charge in [-0.05, 0) is 24.3 Å². The predicted molar refractivity (Wildman–Crippen MR) is 82.4 cm³/mol. The molecular weight excluding hydrogens is 300 g/mol. The molecule has 0 radical (unpaired) electrons. The van der Waals surface area contributed by atoms with E-state index >= 15 is 0 Å². The monoisotopic (exact) mass is 310 g/mol. The van der Waals surface area contributed by atoms with Crippen molar-refractivity contribution < 1.29 is 23.0 Å². The van der Waals surface area contributed by atoms with Gasteiger partial charge >= 0.3 is 5.63 Å². The molecule has 0 spiro atoms. The summed E-state index contributed by atoms with van der Waals surface area (Å²) in [5, 5.41) is 1.64. The van der Waals surface area contributed by atoms with Gasteiger partial charge < -0.3 is 23.0 Å². The van der Waals surface area contributed by atoms with E-state index in [1.54, 1.807) is 37.4 Å². The highest BCUT2D eigenvalue weighted by molar-refractivity contribution is 6.15. The molecule has 0 aliphatic carbocycles. The lowest BCUT2D eigenvalue weighted by atomic mass is 10.1. The van der Waals surface area contributed by atoms with Crippen molar-refractivity contribution >= 4 is 32.9 Å². The molecule has 3 heterocycles. The highest BCUT2D eigenvalue weighted by atomic mass is 16.7. The minimum Gasteiger partial charge on any atom is -0.497 e. The van der Waals surface area contributed by atoms with Crippen molar-refractivity contribution in [3.63, 3.8) is 0 Å². The molecule has 0 unspecified atom stereocenters. The summed E-state index contributed by atoms with van der Waals surface area (Å²) in [6.45, 7) is 0.122. The van der Waals surface area contributed by atoms with Crippen molar-refractivity contribution in [2.24, 2.45) is 0 Å². The van der Waals surface area contributed by atoms with Crippen LogP contribution in [0.3, 0.4) is 0 Å². The van der Waals surface area contributed by atoms with E-state index in [1.807, 2.05) is 0 Å². The van der Waals surface area contributed by atoms with Gasteiger partial charge in [-0.3, -0.25) is 0 Å². The van der Waals surface area contributed by atoms with Crippen molar-refractivity contribution in [3.05, 3.63) is 40.8 Å². The molecule has 6 nitrogen and oxygen atoms in total. The molecule has 1 aliphatic heterocycles. The Morgan fingerprint density at radius 2 is 1.91 bits per heavy atom. The third-order valence-electron chi connectivity index (χ3n) is 4.03. The average molecular weight is 310 g/mol. The first kappa shape index (κ1) is 12.4. The van der Waals surface area contributed by atoms with Crippen LogP contribution in [0.25, 0.3) is 32.9 Å². The zero-order valence-corrected chi connectivity index (χ0v) is 12.0. The van der Waals surface area contributed by atoms with Gasteiger partial charge in [-0.2, -0.15) is 0 Å². The fourth-order valence-electron chi connectivity index (χ4n) is 2.99. The van der Waals surface area contributed by atoms with Crippen LogP contribution in [0.1, 0.15) is 0 Å². The van der Waals surface area contributed by atoms with Crippen molar-refractivity contribution in [3.8, 4) is 17.2 Å². The first-order valence-electron chi connectivity index (χ1n) is 7.02. The summed E-state index contributed by atoms with van der Waals surface area (Å²) >= 11 is 0. The zero-order valence-electron chi connectivity index (χ0n) is 12.0. The van der Waals surface area contributed by atoms with Gasteiger partial charge in [-0.1, -0.05) is 0 Å². The molecule has 0 fully saturated rings. The Labute approximate surface area is 128 Å². The molecule has 6 heteroatoms. The Morgan fingerprint density at radius 3 is 2.78 bits per heavy atom. The van der Waals surface area contributed by atoms with Gasteiger partial charge in [0.15, 0.2) is 17.1 Å². The van der Waals surface area contributed by atoms with Crippen molar-refractivity contribution in [2.45, 2.75) is 0 Å². The topological polar surface area (TPSA) is 71.0 Å². The average Bonchev–Trinajstić information content (AvgIpc) is 3.18. The molecule has 5 rings (SSSR count). The molecule has 2 aromatic carbocycles. The second-order valence-electron chi connectivity index (χ2n) is 5.23. The zero-order chi connectivity index (χ0) is 15.6. The minimum absolute atomic E-state index is 0.122. The molecule has 23 heavy (non-hydrogen) atoms. The lowest BCUT2D eigenvalue weighted by Crippen LogP contribution is -1.99. The molecule has 0 bridgehead atoms.